The first-order valence-electron chi connectivity index (χ1n) is 7.00. The van der Waals surface area contributed by atoms with Crippen molar-refractivity contribution in [3.63, 3.8) is 0 Å². The van der Waals surface area contributed by atoms with Gasteiger partial charge < -0.3 is 5.32 Å². The molecule has 2 aliphatic rings. The number of fused-ring (bicyclic) bond motifs is 1. The Bertz CT molecular complexity index is 495. The third-order valence-electron chi connectivity index (χ3n) is 4.26. The molecule has 1 amide bonds. The van der Waals surface area contributed by atoms with Gasteiger partial charge in [-0.15, -0.1) is 0 Å². The predicted molar refractivity (Wildman–Crippen MR) is 72.3 cm³/mol. The first-order chi connectivity index (χ1) is 9.13. The Hall–Kier alpha value is -1.42. The third kappa shape index (κ3) is 2.50. The Morgan fingerprint density at radius 1 is 1.26 bits per heavy atom. The van der Waals surface area contributed by atoms with Gasteiger partial charge in [0.25, 0.3) is 0 Å². The molecule has 1 unspecified atom stereocenters. The van der Waals surface area contributed by atoms with Crippen LogP contribution < -0.4 is 10.6 Å². The lowest BCUT2D eigenvalue weighted by Crippen LogP contribution is -2.38. The van der Waals surface area contributed by atoms with Crippen LogP contribution in [0.4, 0.5) is 10.1 Å². The molecule has 102 valence electrons. The fourth-order valence-corrected chi connectivity index (χ4v) is 3.06. The highest BCUT2D eigenvalue weighted by atomic mass is 19.1. The van der Waals surface area contributed by atoms with Crippen molar-refractivity contribution >= 4 is 11.6 Å². The Balaban J connectivity index is 1.73. The summed E-state index contributed by atoms with van der Waals surface area (Å²) in [5, 5.41) is 6.17. The molecule has 0 radical (unpaired) electrons. The molecule has 1 atom stereocenters. The zero-order valence-electron chi connectivity index (χ0n) is 11.1. The molecule has 0 saturated heterocycles. The van der Waals surface area contributed by atoms with Crippen molar-refractivity contribution < 1.29 is 9.18 Å². The van der Waals surface area contributed by atoms with Crippen molar-refractivity contribution in [3.05, 3.63) is 29.6 Å². The van der Waals surface area contributed by atoms with Gasteiger partial charge in [-0.05, 0) is 43.7 Å². The Labute approximate surface area is 112 Å². The summed E-state index contributed by atoms with van der Waals surface area (Å²) in [5.74, 6) is 0.405. The summed E-state index contributed by atoms with van der Waals surface area (Å²) in [5.41, 5.74) is 1.47. The number of hydrogen-bond acceptors (Lipinski definition) is 2. The normalized spacial score (nSPS) is 30.0. The van der Waals surface area contributed by atoms with Gasteiger partial charge in [0, 0.05) is 17.3 Å². The van der Waals surface area contributed by atoms with Gasteiger partial charge in [0.2, 0.25) is 5.91 Å². The van der Waals surface area contributed by atoms with Crippen molar-refractivity contribution in [1.82, 2.24) is 5.32 Å². The predicted octanol–water partition coefficient (Wildman–Crippen LogP) is 2.99. The maximum atomic E-state index is 13.1. The molecule has 1 saturated carbocycles. The molecule has 4 heteroatoms. The number of benzene rings is 1. The average molecular weight is 262 g/mol. The molecule has 1 aromatic carbocycles. The van der Waals surface area contributed by atoms with Gasteiger partial charge in [0.15, 0.2) is 0 Å². The first-order valence-corrected chi connectivity index (χ1v) is 7.00. The van der Waals surface area contributed by atoms with Crippen LogP contribution in [0, 0.1) is 11.7 Å². The summed E-state index contributed by atoms with van der Waals surface area (Å²) in [7, 11) is 0. The van der Waals surface area contributed by atoms with E-state index in [1.807, 2.05) is 0 Å². The van der Waals surface area contributed by atoms with Crippen LogP contribution in [0.15, 0.2) is 18.2 Å². The fraction of sp³-hybridized carbons (Fsp3) is 0.533. The topological polar surface area (TPSA) is 41.1 Å². The highest BCUT2D eigenvalue weighted by Crippen LogP contribution is 2.33. The molecule has 0 bridgehead atoms. The summed E-state index contributed by atoms with van der Waals surface area (Å²) in [6.45, 7) is 2.27. The Morgan fingerprint density at radius 3 is 2.74 bits per heavy atom. The van der Waals surface area contributed by atoms with Gasteiger partial charge in [-0.1, -0.05) is 13.0 Å². The van der Waals surface area contributed by atoms with Crippen LogP contribution in [0.25, 0.3) is 0 Å². The molecule has 1 fully saturated rings. The Kier molecular flexibility index (Phi) is 3.27. The van der Waals surface area contributed by atoms with Gasteiger partial charge >= 0.3 is 0 Å². The van der Waals surface area contributed by atoms with E-state index >= 15 is 0 Å². The van der Waals surface area contributed by atoms with Gasteiger partial charge in [0.05, 0.1) is 0 Å². The van der Waals surface area contributed by atoms with Gasteiger partial charge in [-0.25, -0.2) is 4.39 Å². The summed E-state index contributed by atoms with van der Waals surface area (Å²) in [6, 6.07) is 4.57. The van der Waals surface area contributed by atoms with Crippen LogP contribution in [0.3, 0.4) is 0 Å². The van der Waals surface area contributed by atoms with Crippen LogP contribution in [-0.4, -0.2) is 11.9 Å². The van der Waals surface area contributed by atoms with Crippen LogP contribution >= 0.6 is 0 Å². The highest BCUT2D eigenvalue weighted by Gasteiger charge is 2.33. The fourth-order valence-electron chi connectivity index (χ4n) is 3.06. The summed E-state index contributed by atoms with van der Waals surface area (Å²) >= 11 is 0. The maximum Gasteiger partial charge on any atom is 0.246 e. The van der Waals surface area contributed by atoms with Crippen LogP contribution in [0.1, 0.15) is 44.2 Å². The van der Waals surface area contributed by atoms with Crippen LogP contribution in [-0.2, 0) is 4.79 Å². The van der Waals surface area contributed by atoms with E-state index in [4.69, 9.17) is 0 Å². The molecule has 19 heavy (non-hydrogen) atoms. The zero-order chi connectivity index (χ0) is 13.4. The van der Waals surface area contributed by atoms with E-state index < -0.39 is 0 Å². The minimum absolute atomic E-state index is 0.0702. The van der Waals surface area contributed by atoms with Gasteiger partial charge in [-0.3, -0.25) is 10.1 Å². The quantitative estimate of drug-likeness (QED) is 0.860. The number of amides is 1. The standard InChI is InChI=1S/C15H19FN2O/c1-9-2-5-11(6-3-9)17-14-12-7-4-10(16)8-13(12)18-15(14)19/h4,7-9,11,14,17H,2-3,5-6H2,1H3,(H,18,19). The highest BCUT2D eigenvalue weighted by molar-refractivity contribution is 6.02. The van der Waals surface area contributed by atoms with Gasteiger partial charge in [0.1, 0.15) is 11.9 Å². The molecule has 1 aliphatic heterocycles. The van der Waals surface area contributed by atoms with Crippen molar-refractivity contribution in [2.75, 3.05) is 5.32 Å². The number of carbonyl (C=O) groups is 1. The van der Waals surface area contributed by atoms with E-state index in [-0.39, 0.29) is 17.8 Å². The lowest BCUT2D eigenvalue weighted by molar-refractivity contribution is -0.117. The van der Waals surface area contributed by atoms with Crippen molar-refractivity contribution in [2.45, 2.75) is 44.7 Å². The van der Waals surface area contributed by atoms with E-state index in [1.54, 1.807) is 6.07 Å². The zero-order valence-corrected chi connectivity index (χ0v) is 11.1. The molecule has 3 rings (SSSR count). The monoisotopic (exact) mass is 262 g/mol. The summed E-state index contributed by atoms with van der Waals surface area (Å²) in [6.07, 6.45) is 4.65. The second-order valence-electron chi connectivity index (χ2n) is 5.78. The van der Waals surface area contributed by atoms with E-state index in [2.05, 4.69) is 17.6 Å². The van der Waals surface area contributed by atoms with Crippen molar-refractivity contribution in [3.8, 4) is 0 Å². The largest absolute Gasteiger partial charge is 0.324 e. The summed E-state index contributed by atoms with van der Waals surface area (Å²) < 4.78 is 13.1. The minimum atomic E-state index is -0.325. The van der Waals surface area contributed by atoms with E-state index in [9.17, 15) is 9.18 Å². The molecule has 1 aliphatic carbocycles. The van der Waals surface area contributed by atoms with E-state index in [0.29, 0.717) is 11.7 Å². The first kappa shape index (κ1) is 12.6. The molecule has 1 heterocycles. The Morgan fingerprint density at radius 2 is 2.00 bits per heavy atom. The lowest BCUT2D eigenvalue weighted by atomic mass is 9.87. The lowest BCUT2D eigenvalue weighted by Gasteiger charge is -2.29. The number of nitrogens with one attached hydrogen (secondary N) is 2. The second-order valence-corrected chi connectivity index (χ2v) is 5.78. The molecule has 0 spiro atoms. The van der Waals surface area contributed by atoms with Crippen molar-refractivity contribution in [2.24, 2.45) is 5.92 Å². The molecular formula is C15H19FN2O. The molecule has 1 aromatic rings. The number of hydrogen-bond donors (Lipinski definition) is 2. The SMILES string of the molecule is CC1CCC(NC2C(=O)Nc3cc(F)ccc32)CC1. The van der Waals surface area contributed by atoms with Gasteiger partial charge in [-0.2, -0.15) is 0 Å². The third-order valence-corrected chi connectivity index (χ3v) is 4.26. The number of rotatable bonds is 2. The number of halogens is 1. The number of carbonyl (C=O) groups excluding carboxylic acids is 1. The molecule has 0 aromatic heterocycles. The number of anilines is 1. The maximum absolute atomic E-state index is 13.1. The molecule has 3 nitrogen and oxygen atoms in total. The van der Waals surface area contributed by atoms with Crippen molar-refractivity contribution in [1.29, 1.82) is 0 Å². The van der Waals surface area contributed by atoms with E-state index in [1.165, 1.54) is 25.0 Å². The van der Waals surface area contributed by atoms with Crippen LogP contribution in [0.5, 0.6) is 0 Å². The molecular weight excluding hydrogens is 243 g/mol. The minimum Gasteiger partial charge on any atom is -0.324 e. The average Bonchev–Trinajstić information content (AvgIpc) is 2.68. The molecule has 2 N–H and O–H groups in total. The van der Waals surface area contributed by atoms with Crippen LogP contribution in [0.2, 0.25) is 0 Å². The second kappa shape index (κ2) is 4.93. The van der Waals surface area contributed by atoms with E-state index in [0.717, 1.165) is 24.3 Å². The summed E-state index contributed by atoms with van der Waals surface area (Å²) in [4.78, 5) is 12.0. The smallest absolute Gasteiger partial charge is 0.246 e.